The summed E-state index contributed by atoms with van der Waals surface area (Å²) < 4.78 is 11.8. The van der Waals surface area contributed by atoms with Crippen LogP contribution in [0.2, 0.25) is 0 Å². The third-order valence-electron chi connectivity index (χ3n) is 8.73. The standard InChI is InChI=1S/C35H46N2O3/c1-3-37(26-27-11-15-32(16-12-27)40-22-21-36-19-6-4-5-7-20-36)35-25-33(39-2)17-18-34(35)30-10-8-9-28-24-31(38)14-13-29(28)23-30/h11-18,24-25,30,38H,3-10,19-23,26H2,1-2H3. The Balaban J connectivity index is 1.28. The second kappa shape index (κ2) is 13.9. The molecule has 5 heteroatoms. The van der Waals surface area contributed by atoms with Crippen LogP contribution in [0, 0.1) is 0 Å². The van der Waals surface area contributed by atoms with Crippen molar-refractivity contribution in [2.45, 2.75) is 70.8 Å². The quantitative estimate of drug-likeness (QED) is 0.272. The Kier molecular flexibility index (Phi) is 9.88. The fourth-order valence-electron chi connectivity index (χ4n) is 6.42. The summed E-state index contributed by atoms with van der Waals surface area (Å²) >= 11 is 0. The number of anilines is 1. The maximum atomic E-state index is 10.0. The highest BCUT2D eigenvalue weighted by molar-refractivity contribution is 5.59. The number of rotatable bonds is 10. The third-order valence-corrected chi connectivity index (χ3v) is 8.73. The van der Waals surface area contributed by atoms with Gasteiger partial charge in [-0.2, -0.15) is 0 Å². The average molecular weight is 543 g/mol. The van der Waals surface area contributed by atoms with Gasteiger partial charge in [-0.15, -0.1) is 0 Å². The first kappa shape index (κ1) is 28.4. The zero-order valence-electron chi connectivity index (χ0n) is 24.4. The first-order valence-electron chi connectivity index (χ1n) is 15.3. The Morgan fingerprint density at radius 2 is 1.65 bits per heavy atom. The number of hydrogen-bond acceptors (Lipinski definition) is 5. The van der Waals surface area contributed by atoms with E-state index in [2.05, 4.69) is 65.3 Å². The minimum Gasteiger partial charge on any atom is -0.508 e. The monoisotopic (exact) mass is 542 g/mol. The first-order chi connectivity index (χ1) is 19.6. The van der Waals surface area contributed by atoms with Gasteiger partial charge in [0.25, 0.3) is 0 Å². The Bertz CT molecular complexity index is 1220. The van der Waals surface area contributed by atoms with E-state index in [-0.39, 0.29) is 0 Å². The van der Waals surface area contributed by atoms with Crippen LogP contribution in [0.5, 0.6) is 17.2 Å². The van der Waals surface area contributed by atoms with Crippen LogP contribution in [0.3, 0.4) is 0 Å². The molecule has 1 aliphatic heterocycles. The predicted octanol–water partition coefficient (Wildman–Crippen LogP) is 7.34. The summed E-state index contributed by atoms with van der Waals surface area (Å²) in [6.07, 6.45) is 9.64. The van der Waals surface area contributed by atoms with Crippen LogP contribution in [0.25, 0.3) is 0 Å². The molecule has 0 saturated carbocycles. The molecule has 1 fully saturated rings. The molecule has 3 aromatic carbocycles. The van der Waals surface area contributed by atoms with Gasteiger partial charge in [0.15, 0.2) is 0 Å². The number of phenols is 1. The van der Waals surface area contributed by atoms with E-state index in [9.17, 15) is 5.11 Å². The summed E-state index contributed by atoms with van der Waals surface area (Å²) in [5, 5.41) is 10.0. The van der Waals surface area contributed by atoms with Crippen molar-refractivity contribution in [3.63, 3.8) is 0 Å². The second-order valence-corrected chi connectivity index (χ2v) is 11.4. The Morgan fingerprint density at radius 3 is 2.40 bits per heavy atom. The lowest BCUT2D eigenvalue weighted by atomic mass is 9.88. The topological polar surface area (TPSA) is 45.2 Å². The zero-order valence-corrected chi connectivity index (χ0v) is 24.4. The molecule has 1 heterocycles. The van der Waals surface area contributed by atoms with Crippen molar-refractivity contribution < 1.29 is 14.6 Å². The molecule has 2 aliphatic rings. The van der Waals surface area contributed by atoms with Gasteiger partial charge in [-0.05, 0) is 117 Å². The summed E-state index contributed by atoms with van der Waals surface area (Å²) in [4.78, 5) is 5.01. The molecule has 1 N–H and O–H groups in total. The van der Waals surface area contributed by atoms with Crippen molar-refractivity contribution in [2.24, 2.45) is 0 Å². The number of phenolic OH excluding ortho intramolecular Hbond substituents is 1. The molecular weight excluding hydrogens is 496 g/mol. The summed E-state index contributed by atoms with van der Waals surface area (Å²) in [6, 6.07) is 21.1. The maximum absolute atomic E-state index is 10.0. The number of fused-ring (bicyclic) bond motifs is 1. The highest BCUT2D eigenvalue weighted by atomic mass is 16.5. The molecule has 0 radical (unpaired) electrons. The number of nitrogens with zero attached hydrogens (tertiary/aromatic N) is 2. The molecule has 5 nitrogen and oxygen atoms in total. The lowest BCUT2D eigenvalue weighted by molar-refractivity contribution is 0.214. The van der Waals surface area contributed by atoms with Gasteiger partial charge in [-0.25, -0.2) is 0 Å². The molecule has 0 spiro atoms. The normalized spacial score (nSPS) is 17.9. The van der Waals surface area contributed by atoms with E-state index >= 15 is 0 Å². The second-order valence-electron chi connectivity index (χ2n) is 11.4. The number of benzene rings is 3. The van der Waals surface area contributed by atoms with E-state index in [4.69, 9.17) is 9.47 Å². The SMILES string of the molecule is CCN(Cc1ccc(OCCN2CCCCCC2)cc1)c1cc(OC)ccc1C1CCCc2cc(O)ccc2C1. The highest BCUT2D eigenvalue weighted by Gasteiger charge is 2.23. The number of aryl methyl sites for hydroxylation is 1. The van der Waals surface area contributed by atoms with Crippen LogP contribution < -0.4 is 14.4 Å². The van der Waals surface area contributed by atoms with Crippen LogP contribution in [0.4, 0.5) is 5.69 Å². The van der Waals surface area contributed by atoms with Gasteiger partial charge in [0.2, 0.25) is 0 Å². The fraction of sp³-hybridized carbons (Fsp3) is 0.486. The minimum absolute atomic E-state index is 0.369. The van der Waals surface area contributed by atoms with Gasteiger partial charge in [0.1, 0.15) is 23.9 Å². The van der Waals surface area contributed by atoms with Crippen LogP contribution in [-0.2, 0) is 19.4 Å². The van der Waals surface area contributed by atoms with E-state index in [1.807, 2.05) is 12.1 Å². The van der Waals surface area contributed by atoms with Crippen molar-refractivity contribution in [1.29, 1.82) is 0 Å². The van der Waals surface area contributed by atoms with Crippen LogP contribution in [0.15, 0.2) is 60.7 Å². The van der Waals surface area contributed by atoms with Crippen molar-refractivity contribution >= 4 is 5.69 Å². The van der Waals surface area contributed by atoms with E-state index in [0.717, 1.165) is 63.4 Å². The van der Waals surface area contributed by atoms with Gasteiger partial charge >= 0.3 is 0 Å². The zero-order chi connectivity index (χ0) is 27.7. The number of hydrogen-bond donors (Lipinski definition) is 1. The van der Waals surface area contributed by atoms with E-state index in [1.54, 1.807) is 7.11 Å². The van der Waals surface area contributed by atoms with Crippen molar-refractivity contribution in [3.05, 3.63) is 82.9 Å². The van der Waals surface area contributed by atoms with Crippen LogP contribution in [0.1, 0.15) is 73.6 Å². The number of ether oxygens (including phenoxy) is 2. The molecule has 40 heavy (non-hydrogen) atoms. The van der Waals surface area contributed by atoms with E-state index < -0.39 is 0 Å². The third kappa shape index (κ3) is 7.31. The Hall–Kier alpha value is -3.18. The van der Waals surface area contributed by atoms with Gasteiger partial charge < -0.3 is 19.5 Å². The molecule has 0 amide bonds. The smallest absolute Gasteiger partial charge is 0.120 e. The predicted molar refractivity (Wildman–Crippen MR) is 164 cm³/mol. The summed E-state index contributed by atoms with van der Waals surface area (Å²) in [5.74, 6) is 2.64. The molecular formula is C35H46N2O3. The van der Waals surface area contributed by atoms with Gasteiger partial charge in [0.05, 0.1) is 7.11 Å². The summed E-state index contributed by atoms with van der Waals surface area (Å²) in [6.45, 7) is 8.15. The largest absolute Gasteiger partial charge is 0.508 e. The number of likely N-dealkylation sites (tertiary alicyclic amines) is 1. The average Bonchev–Trinajstić information content (AvgIpc) is 3.37. The maximum Gasteiger partial charge on any atom is 0.120 e. The van der Waals surface area contributed by atoms with Crippen LogP contribution >= 0.6 is 0 Å². The molecule has 5 rings (SSSR count). The number of methoxy groups -OCH3 is 1. The summed E-state index contributed by atoms with van der Waals surface area (Å²) in [5.41, 5.74) is 6.57. The Morgan fingerprint density at radius 1 is 0.875 bits per heavy atom. The minimum atomic E-state index is 0.369. The lowest BCUT2D eigenvalue weighted by Gasteiger charge is -2.29. The van der Waals surface area contributed by atoms with E-state index in [1.165, 1.54) is 66.7 Å². The van der Waals surface area contributed by atoms with Crippen molar-refractivity contribution in [2.75, 3.05) is 44.8 Å². The molecule has 1 saturated heterocycles. The van der Waals surface area contributed by atoms with Gasteiger partial charge in [0, 0.05) is 31.4 Å². The summed E-state index contributed by atoms with van der Waals surface area (Å²) in [7, 11) is 1.75. The first-order valence-corrected chi connectivity index (χ1v) is 15.3. The van der Waals surface area contributed by atoms with Gasteiger partial charge in [-0.3, -0.25) is 4.90 Å². The molecule has 1 aliphatic carbocycles. The molecule has 214 valence electrons. The fourth-order valence-corrected chi connectivity index (χ4v) is 6.42. The van der Waals surface area contributed by atoms with Crippen molar-refractivity contribution in [3.8, 4) is 17.2 Å². The van der Waals surface area contributed by atoms with E-state index in [0.29, 0.717) is 11.7 Å². The molecule has 3 aromatic rings. The molecule has 0 aromatic heterocycles. The lowest BCUT2D eigenvalue weighted by Crippen LogP contribution is -2.29. The molecule has 1 atom stereocenters. The number of aromatic hydroxyl groups is 1. The highest BCUT2D eigenvalue weighted by Crippen LogP contribution is 2.39. The van der Waals surface area contributed by atoms with Crippen LogP contribution in [-0.4, -0.2) is 49.9 Å². The molecule has 1 unspecified atom stereocenters. The van der Waals surface area contributed by atoms with Gasteiger partial charge in [-0.1, -0.05) is 37.1 Å². The molecule has 0 bridgehead atoms. The Labute approximate surface area is 240 Å². The van der Waals surface area contributed by atoms with Crippen molar-refractivity contribution in [1.82, 2.24) is 4.90 Å².